The second-order valence-corrected chi connectivity index (χ2v) is 5.14. The Morgan fingerprint density at radius 1 is 1.10 bits per heavy atom. The maximum Gasteiger partial charge on any atom is 0.323 e. The lowest BCUT2D eigenvalue weighted by Crippen LogP contribution is -2.40. The largest absolute Gasteiger partial charge is 0.480 e. The fraction of sp³-hybridized carbons (Fsp3) is 0.571. The molecule has 0 aliphatic carbocycles. The zero-order valence-electron chi connectivity index (χ0n) is 12.7. The second-order valence-electron chi connectivity index (χ2n) is 5.14. The molecule has 0 fully saturated rings. The number of carbonyl (C=O) groups excluding carboxylic acids is 1. The van der Waals surface area contributed by atoms with Gasteiger partial charge in [0.05, 0.1) is 5.56 Å². The van der Waals surface area contributed by atoms with E-state index in [2.05, 4.69) is 0 Å². The van der Waals surface area contributed by atoms with E-state index in [1.807, 2.05) is 25.9 Å². The van der Waals surface area contributed by atoms with Crippen LogP contribution in [-0.4, -0.2) is 60.5 Å². The third-order valence-electron chi connectivity index (χ3n) is 3.21. The number of furan rings is 1. The smallest absolute Gasteiger partial charge is 0.323 e. The summed E-state index contributed by atoms with van der Waals surface area (Å²) in [4.78, 5) is 26.7. The van der Waals surface area contributed by atoms with Gasteiger partial charge in [0.25, 0.3) is 5.91 Å². The molecular weight excluding hydrogens is 260 g/mol. The molecule has 1 amide bonds. The average molecular weight is 282 g/mol. The normalized spacial score (nSPS) is 10.9. The number of nitrogens with zero attached hydrogens (tertiary/aromatic N) is 2. The van der Waals surface area contributed by atoms with Crippen molar-refractivity contribution in [2.24, 2.45) is 0 Å². The third-order valence-corrected chi connectivity index (χ3v) is 3.21. The zero-order valence-corrected chi connectivity index (χ0v) is 12.7. The first-order valence-electron chi connectivity index (χ1n) is 6.46. The number of aryl methyl sites for hydroxylation is 2. The standard InChI is InChI=1S/C14H22N2O4/c1-9-10(2)20-11(3)13(9)14(19)16(8-12(17)18)7-6-15(4)5/h6-8H2,1-5H3,(H,17,18). The van der Waals surface area contributed by atoms with Gasteiger partial charge in [0.15, 0.2) is 0 Å². The van der Waals surface area contributed by atoms with Crippen LogP contribution in [-0.2, 0) is 4.79 Å². The fourth-order valence-electron chi connectivity index (χ4n) is 2.00. The van der Waals surface area contributed by atoms with Crippen molar-refractivity contribution in [3.8, 4) is 0 Å². The molecule has 0 aliphatic heterocycles. The minimum atomic E-state index is -1.02. The molecule has 0 unspecified atom stereocenters. The lowest BCUT2D eigenvalue weighted by atomic mass is 10.1. The Labute approximate surface area is 119 Å². The first-order chi connectivity index (χ1) is 9.23. The second kappa shape index (κ2) is 6.56. The number of carboxylic acids is 1. The van der Waals surface area contributed by atoms with Crippen molar-refractivity contribution in [2.75, 3.05) is 33.7 Å². The molecule has 6 heteroatoms. The Morgan fingerprint density at radius 2 is 1.70 bits per heavy atom. The summed E-state index contributed by atoms with van der Waals surface area (Å²) in [5.41, 5.74) is 1.25. The minimum absolute atomic E-state index is 0.291. The number of aliphatic carboxylic acids is 1. The number of amides is 1. The minimum Gasteiger partial charge on any atom is -0.480 e. The highest BCUT2D eigenvalue weighted by Crippen LogP contribution is 2.22. The molecule has 0 spiro atoms. The molecule has 0 saturated heterocycles. The quantitative estimate of drug-likeness (QED) is 0.851. The van der Waals surface area contributed by atoms with Crippen LogP contribution in [0.1, 0.15) is 27.4 Å². The maximum atomic E-state index is 12.5. The van der Waals surface area contributed by atoms with Gasteiger partial charge in [0, 0.05) is 18.7 Å². The molecule has 1 aromatic heterocycles. The first kappa shape index (κ1) is 16.2. The highest BCUT2D eigenvalue weighted by Gasteiger charge is 2.25. The van der Waals surface area contributed by atoms with Gasteiger partial charge in [0.1, 0.15) is 18.1 Å². The van der Waals surface area contributed by atoms with E-state index in [0.29, 0.717) is 30.2 Å². The summed E-state index contributed by atoms with van der Waals surface area (Å²) in [7, 11) is 3.75. The summed E-state index contributed by atoms with van der Waals surface area (Å²) < 4.78 is 5.44. The zero-order chi connectivity index (χ0) is 15.4. The van der Waals surface area contributed by atoms with E-state index in [9.17, 15) is 9.59 Å². The van der Waals surface area contributed by atoms with Crippen LogP contribution < -0.4 is 0 Å². The lowest BCUT2D eigenvalue weighted by Gasteiger charge is -2.22. The summed E-state index contributed by atoms with van der Waals surface area (Å²) in [6.45, 7) is 5.98. The predicted octanol–water partition coefficient (Wildman–Crippen LogP) is 1.29. The molecule has 1 aromatic rings. The van der Waals surface area contributed by atoms with Crippen molar-refractivity contribution >= 4 is 11.9 Å². The van der Waals surface area contributed by atoms with Gasteiger partial charge < -0.3 is 19.3 Å². The molecule has 112 valence electrons. The molecule has 20 heavy (non-hydrogen) atoms. The van der Waals surface area contributed by atoms with Crippen molar-refractivity contribution in [3.63, 3.8) is 0 Å². The molecule has 0 atom stereocenters. The molecule has 1 rings (SSSR count). The van der Waals surface area contributed by atoms with Gasteiger partial charge in [0.2, 0.25) is 0 Å². The topological polar surface area (TPSA) is 74.0 Å². The number of hydrogen-bond donors (Lipinski definition) is 1. The van der Waals surface area contributed by atoms with Gasteiger partial charge in [-0.25, -0.2) is 0 Å². The van der Waals surface area contributed by atoms with Crippen LogP contribution in [0, 0.1) is 20.8 Å². The van der Waals surface area contributed by atoms with Crippen molar-refractivity contribution in [3.05, 3.63) is 22.6 Å². The number of likely N-dealkylation sites (N-methyl/N-ethyl adjacent to an activating group) is 1. The Morgan fingerprint density at radius 3 is 2.10 bits per heavy atom. The van der Waals surface area contributed by atoms with E-state index in [1.54, 1.807) is 13.8 Å². The van der Waals surface area contributed by atoms with Crippen LogP contribution >= 0.6 is 0 Å². The molecule has 6 nitrogen and oxygen atoms in total. The number of carboxylic acid groups (broad SMARTS) is 1. The summed E-state index contributed by atoms with van der Waals surface area (Å²) in [5.74, 6) is -0.0901. The van der Waals surface area contributed by atoms with Gasteiger partial charge in [-0.1, -0.05) is 0 Å². The van der Waals surface area contributed by atoms with Crippen molar-refractivity contribution < 1.29 is 19.1 Å². The highest BCUT2D eigenvalue weighted by atomic mass is 16.4. The van der Waals surface area contributed by atoms with Crippen molar-refractivity contribution in [1.82, 2.24) is 9.80 Å². The van der Waals surface area contributed by atoms with E-state index < -0.39 is 5.97 Å². The number of rotatable bonds is 6. The molecule has 0 saturated carbocycles. The van der Waals surface area contributed by atoms with Crippen LogP contribution in [0.5, 0.6) is 0 Å². The van der Waals surface area contributed by atoms with E-state index in [4.69, 9.17) is 9.52 Å². The molecule has 0 bridgehead atoms. The van der Waals surface area contributed by atoms with Gasteiger partial charge in [-0.05, 0) is 34.9 Å². The third kappa shape index (κ3) is 3.84. The van der Waals surface area contributed by atoms with Gasteiger partial charge in [-0.3, -0.25) is 9.59 Å². The first-order valence-corrected chi connectivity index (χ1v) is 6.46. The van der Waals surface area contributed by atoms with Crippen LogP contribution in [0.15, 0.2) is 4.42 Å². The van der Waals surface area contributed by atoms with E-state index in [-0.39, 0.29) is 12.5 Å². The average Bonchev–Trinajstić information content (AvgIpc) is 2.57. The summed E-state index contributed by atoms with van der Waals surface area (Å²) in [6.07, 6.45) is 0. The Balaban J connectivity index is 3.00. The molecule has 0 aliphatic rings. The van der Waals surface area contributed by atoms with E-state index in [1.165, 1.54) is 4.90 Å². The fourth-order valence-corrected chi connectivity index (χ4v) is 2.00. The summed E-state index contributed by atoms with van der Waals surface area (Å²) in [6, 6.07) is 0. The van der Waals surface area contributed by atoms with E-state index in [0.717, 1.165) is 5.56 Å². The van der Waals surface area contributed by atoms with Crippen molar-refractivity contribution in [1.29, 1.82) is 0 Å². The van der Waals surface area contributed by atoms with Gasteiger partial charge in [-0.15, -0.1) is 0 Å². The molecule has 0 radical (unpaired) electrons. The number of carbonyl (C=O) groups is 2. The lowest BCUT2D eigenvalue weighted by molar-refractivity contribution is -0.137. The molecule has 1 N–H and O–H groups in total. The van der Waals surface area contributed by atoms with Crippen LogP contribution in [0.25, 0.3) is 0 Å². The Bertz CT molecular complexity index is 506. The van der Waals surface area contributed by atoms with Crippen LogP contribution in [0.2, 0.25) is 0 Å². The molecule has 1 heterocycles. The Kier molecular flexibility index (Phi) is 5.33. The van der Waals surface area contributed by atoms with Gasteiger partial charge in [-0.2, -0.15) is 0 Å². The molecular formula is C14H22N2O4. The Hall–Kier alpha value is -1.82. The van der Waals surface area contributed by atoms with Crippen LogP contribution in [0.3, 0.4) is 0 Å². The van der Waals surface area contributed by atoms with Crippen LogP contribution in [0.4, 0.5) is 0 Å². The van der Waals surface area contributed by atoms with Crippen molar-refractivity contribution in [2.45, 2.75) is 20.8 Å². The monoisotopic (exact) mass is 282 g/mol. The highest BCUT2D eigenvalue weighted by molar-refractivity contribution is 5.98. The summed E-state index contributed by atoms with van der Waals surface area (Å²) in [5, 5.41) is 8.96. The SMILES string of the molecule is Cc1oc(C)c(C(=O)N(CCN(C)C)CC(=O)O)c1C. The maximum absolute atomic E-state index is 12.5. The van der Waals surface area contributed by atoms with E-state index >= 15 is 0 Å². The summed E-state index contributed by atoms with van der Waals surface area (Å²) >= 11 is 0. The van der Waals surface area contributed by atoms with Gasteiger partial charge >= 0.3 is 5.97 Å². The number of hydrogen-bond acceptors (Lipinski definition) is 4. The molecule has 0 aromatic carbocycles. The predicted molar refractivity (Wildman–Crippen MR) is 75.0 cm³/mol.